The van der Waals surface area contributed by atoms with Gasteiger partial charge in [-0.3, -0.25) is 14.3 Å². The van der Waals surface area contributed by atoms with Gasteiger partial charge in [-0.1, -0.05) is 13.8 Å². The Bertz CT molecular complexity index is 570. The van der Waals surface area contributed by atoms with Gasteiger partial charge >= 0.3 is 0 Å². The van der Waals surface area contributed by atoms with Gasteiger partial charge in [-0.05, 0) is 31.9 Å². The molecule has 0 N–H and O–H groups in total. The van der Waals surface area contributed by atoms with E-state index in [1.807, 2.05) is 6.07 Å². The third-order valence-electron chi connectivity index (χ3n) is 4.54. The molecular formula is C15H22N2O3S. The minimum atomic E-state index is -0.798. The number of hydrogen-bond donors (Lipinski definition) is 0. The second-order valence-electron chi connectivity index (χ2n) is 5.59. The van der Waals surface area contributed by atoms with Gasteiger partial charge in [-0.2, -0.15) is 0 Å². The first-order chi connectivity index (χ1) is 9.93. The molecule has 0 radical (unpaired) electrons. The summed E-state index contributed by atoms with van der Waals surface area (Å²) in [7, 11) is -0.798. The first-order valence-electron chi connectivity index (χ1n) is 7.32. The predicted octanol–water partition coefficient (Wildman–Crippen LogP) is 3.03. The molecule has 0 bridgehead atoms. The Labute approximate surface area is 127 Å². The van der Waals surface area contributed by atoms with E-state index in [4.69, 9.17) is 0 Å². The van der Waals surface area contributed by atoms with Crippen LogP contribution in [0.25, 0.3) is 0 Å². The SMILES string of the molecule is CCC1(CC)CN(c2ccc([N+](=O)[O-])c(C)c2)CCS1=O. The number of hydrogen-bond acceptors (Lipinski definition) is 4. The lowest BCUT2D eigenvalue weighted by molar-refractivity contribution is -0.385. The lowest BCUT2D eigenvalue weighted by Gasteiger charge is -2.42. The van der Waals surface area contributed by atoms with E-state index < -0.39 is 10.8 Å². The zero-order valence-corrected chi connectivity index (χ0v) is 13.6. The Morgan fingerprint density at radius 2 is 2.05 bits per heavy atom. The van der Waals surface area contributed by atoms with Crippen LogP contribution < -0.4 is 4.90 Å². The summed E-state index contributed by atoms with van der Waals surface area (Å²) < 4.78 is 12.2. The molecule has 21 heavy (non-hydrogen) atoms. The molecule has 0 saturated carbocycles. The fourth-order valence-electron chi connectivity index (χ4n) is 2.97. The Morgan fingerprint density at radius 3 is 2.57 bits per heavy atom. The molecule has 2 rings (SSSR count). The number of rotatable bonds is 4. The maximum atomic E-state index is 12.4. The largest absolute Gasteiger partial charge is 0.369 e. The molecule has 1 fully saturated rings. The van der Waals surface area contributed by atoms with Gasteiger partial charge in [-0.25, -0.2) is 0 Å². The maximum Gasteiger partial charge on any atom is 0.272 e. The lowest BCUT2D eigenvalue weighted by Crippen LogP contribution is -2.53. The first-order valence-corrected chi connectivity index (χ1v) is 8.64. The topological polar surface area (TPSA) is 63.4 Å². The highest BCUT2D eigenvalue weighted by atomic mass is 32.2. The van der Waals surface area contributed by atoms with Gasteiger partial charge < -0.3 is 4.90 Å². The Kier molecular flexibility index (Phi) is 4.66. The van der Waals surface area contributed by atoms with Crippen LogP contribution in [-0.4, -0.2) is 32.7 Å². The van der Waals surface area contributed by atoms with Gasteiger partial charge in [0.25, 0.3) is 5.69 Å². The highest BCUT2D eigenvalue weighted by molar-refractivity contribution is 7.86. The third kappa shape index (κ3) is 2.95. The van der Waals surface area contributed by atoms with E-state index in [2.05, 4.69) is 18.7 Å². The quantitative estimate of drug-likeness (QED) is 0.633. The summed E-state index contributed by atoms with van der Waals surface area (Å²) in [5.74, 6) is 0.664. The Morgan fingerprint density at radius 1 is 1.38 bits per heavy atom. The van der Waals surface area contributed by atoms with Gasteiger partial charge in [0.15, 0.2) is 0 Å². The molecule has 1 heterocycles. The Balaban J connectivity index is 2.29. The minimum Gasteiger partial charge on any atom is -0.369 e. The van der Waals surface area contributed by atoms with Crippen molar-refractivity contribution in [2.75, 3.05) is 23.7 Å². The predicted molar refractivity (Wildman–Crippen MR) is 86.4 cm³/mol. The lowest BCUT2D eigenvalue weighted by atomic mass is 10.0. The van der Waals surface area contributed by atoms with Crippen molar-refractivity contribution in [3.63, 3.8) is 0 Å². The molecule has 1 saturated heterocycles. The van der Waals surface area contributed by atoms with Crippen LogP contribution in [0.3, 0.4) is 0 Å². The summed E-state index contributed by atoms with van der Waals surface area (Å²) in [6, 6.07) is 5.23. The summed E-state index contributed by atoms with van der Waals surface area (Å²) in [5, 5.41) is 10.9. The molecule has 0 amide bonds. The number of nitro benzene ring substituents is 1. The van der Waals surface area contributed by atoms with Gasteiger partial charge in [0, 0.05) is 47.0 Å². The number of aryl methyl sites for hydroxylation is 1. The van der Waals surface area contributed by atoms with Crippen molar-refractivity contribution in [1.29, 1.82) is 0 Å². The molecule has 6 heteroatoms. The zero-order chi connectivity index (χ0) is 15.6. The summed E-state index contributed by atoms with van der Waals surface area (Å²) in [4.78, 5) is 12.8. The molecule has 116 valence electrons. The number of benzene rings is 1. The van der Waals surface area contributed by atoms with Gasteiger partial charge in [0.05, 0.1) is 9.67 Å². The number of anilines is 1. The van der Waals surface area contributed by atoms with Crippen LogP contribution in [0.1, 0.15) is 32.3 Å². The van der Waals surface area contributed by atoms with Crippen LogP contribution in [0.15, 0.2) is 18.2 Å². The number of nitro groups is 1. The molecule has 1 aliphatic heterocycles. The van der Waals surface area contributed by atoms with Gasteiger partial charge in [0.2, 0.25) is 0 Å². The highest BCUT2D eigenvalue weighted by Gasteiger charge is 2.39. The van der Waals surface area contributed by atoms with Crippen LogP contribution in [0.4, 0.5) is 11.4 Å². The second-order valence-corrected chi connectivity index (χ2v) is 7.55. The number of nitrogens with zero attached hydrogens (tertiary/aromatic N) is 2. The van der Waals surface area contributed by atoms with Crippen molar-refractivity contribution in [1.82, 2.24) is 0 Å². The highest BCUT2D eigenvalue weighted by Crippen LogP contribution is 2.32. The molecular weight excluding hydrogens is 288 g/mol. The molecule has 1 aliphatic rings. The Hall–Kier alpha value is -1.43. The van der Waals surface area contributed by atoms with Crippen LogP contribution in [-0.2, 0) is 10.8 Å². The second kappa shape index (κ2) is 6.13. The normalized spacial score (nSPS) is 21.3. The van der Waals surface area contributed by atoms with Gasteiger partial charge in [-0.15, -0.1) is 0 Å². The van der Waals surface area contributed by atoms with E-state index in [0.29, 0.717) is 11.3 Å². The molecule has 1 aromatic carbocycles. The van der Waals surface area contributed by atoms with Crippen molar-refractivity contribution in [2.45, 2.75) is 38.4 Å². The fourth-order valence-corrected chi connectivity index (χ4v) is 4.73. The molecule has 1 atom stereocenters. The molecule has 0 aromatic heterocycles. The summed E-state index contributed by atoms with van der Waals surface area (Å²) in [5.41, 5.74) is 1.81. The van der Waals surface area contributed by atoms with E-state index in [1.165, 1.54) is 0 Å². The van der Waals surface area contributed by atoms with E-state index in [-0.39, 0.29) is 15.4 Å². The van der Waals surface area contributed by atoms with E-state index in [0.717, 1.165) is 31.6 Å². The fraction of sp³-hybridized carbons (Fsp3) is 0.600. The minimum absolute atomic E-state index is 0.150. The monoisotopic (exact) mass is 310 g/mol. The molecule has 1 unspecified atom stereocenters. The molecule has 5 nitrogen and oxygen atoms in total. The summed E-state index contributed by atoms with van der Waals surface area (Å²) >= 11 is 0. The maximum absolute atomic E-state index is 12.4. The summed E-state index contributed by atoms with van der Waals surface area (Å²) in [6.07, 6.45) is 1.77. The summed E-state index contributed by atoms with van der Waals surface area (Å²) in [6.45, 7) is 7.43. The first kappa shape index (κ1) is 15.9. The average molecular weight is 310 g/mol. The van der Waals surface area contributed by atoms with Crippen molar-refractivity contribution in [3.8, 4) is 0 Å². The van der Waals surface area contributed by atoms with E-state index >= 15 is 0 Å². The van der Waals surface area contributed by atoms with Crippen LogP contribution in [0.5, 0.6) is 0 Å². The molecule has 1 aromatic rings. The molecule has 0 spiro atoms. The smallest absolute Gasteiger partial charge is 0.272 e. The van der Waals surface area contributed by atoms with Crippen molar-refractivity contribution in [2.24, 2.45) is 0 Å². The standard InChI is InChI=1S/C15H22N2O3S/c1-4-15(5-2)11-16(8-9-21(15)20)13-6-7-14(17(18)19)12(3)10-13/h6-7,10H,4-5,8-9,11H2,1-3H3. The van der Waals surface area contributed by atoms with Crippen molar-refractivity contribution in [3.05, 3.63) is 33.9 Å². The van der Waals surface area contributed by atoms with Crippen LogP contribution in [0, 0.1) is 17.0 Å². The van der Waals surface area contributed by atoms with E-state index in [1.54, 1.807) is 19.1 Å². The van der Waals surface area contributed by atoms with E-state index in [9.17, 15) is 14.3 Å². The average Bonchev–Trinajstić information content (AvgIpc) is 2.47. The zero-order valence-electron chi connectivity index (χ0n) is 12.8. The van der Waals surface area contributed by atoms with Crippen molar-refractivity contribution < 1.29 is 9.13 Å². The third-order valence-corrected chi connectivity index (χ3v) is 6.77. The van der Waals surface area contributed by atoms with Crippen LogP contribution in [0.2, 0.25) is 0 Å². The van der Waals surface area contributed by atoms with Crippen molar-refractivity contribution >= 4 is 22.2 Å². The molecule has 0 aliphatic carbocycles. The van der Waals surface area contributed by atoms with Crippen LogP contribution >= 0.6 is 0 Å². The van der Waals surface area contributed by atoms with Gasteiger partial charge in [0.1, 0.15) is 0 Å².